The molecule has 0 spiro atoms. The molecule has 1 amide bonds. The van der Waals surface area contributed by atoms with E-state index in [2.05, 4.69) is 6.92 Å². The molecule has 1 fully saturated rings. The van der Waals surface area contributed by atoms with Gasteiger partial charge in [0.05, 0.1) is 6.61 Å². The number of amides is 1. The van der Waals surface area contributed by atoms with Crippen LogP contribution in [0.15, 0.2) is 0 Å². The normalized spacial score (nSPS) is 21.8. The van der Waals surface area contributed by atoms with E-state index in [1.165, 1.54) is 0 Å². The Morgan fingerprint density at radius 1 is 1.67 bits per heavy atom. The van der Waals surface area contributed by atoms with Crippen LogP contribution < -0.4 is 0 Å². The van der Waals surface area contributed by atoms with Crippen molar-refractivity contribution in [3.05, 3.63) is 0 Å². The SMILES string of the molecule is CCCCOC(=O)N1CCC1C. The average molecular weight is 171 g/mol. The van der Waals surface area contributed by atoms with Crippen LogP contribution >= 0.6 is 0 Å². The van der Waals surface area contributed by atoms with Gasteiger partial charge in [0.2, 0.25) is 0 Å². The first-order chi connectivity index (χ1) is 5.75. The van der Waals surface area contributed by atoms with Crippen molar-refractivity contribution >= 4 is 6.09 Å². The molecule has 0 aliphatic carbocycles. The summed E-state index contributed by atoms with van der Waals surface area (Å²) in [5.41, 5.74) is 0. The molecule has 0 radical (unpaired) electrons. The molecule has 70 valence electrons. The third kappa shape index (κ3) is 2.13. The summed E-state index contributed by atoms with van der Waals surface area (Å²) < 4.78 is 5.04. The van der Waals surface area contributed by atoms with Gasteiger partial charge in [0.1, 0.15) is 0 Å². The van der Waals surface area contributed by atoms with Gasteiger partial charge in [0.15, 0.2) is 0 Å². The van der Waals surface area contributed by atoms with Crippen LogP contribution in [0.1, 0.15) is 33.1 Å². The van der Waals surface area contributed by atoms with Gasteiger partial charge >= 0.3 is 6.09 Å². The molecule has 3 nitrogen and oxygen atoms in total. The summed E-state index contributed by atoms with van der Waals surface area (Å²) in [5, 5.41) is 0. The lowest BCUT2D eigenvalue weighted by atomic mass is 10.1. The van der Waals surface area contributed by atoms with E-state index >= 15 is 0 Å². The summed E-state index contributed by atoms with van der Waals surface area (Å²) in [4.78, 5) is 13.0. The summed E-state index contributed by atoms with van der Waals surface area (Å²) in [5.74, 6) is 0. The molecule has 1 heterocycles. The van der Waals surface area contributed by atoms with Crippen molar-refractivity contribution in [2.45, 2.75) is 39.2 Å². The predicted molar refractivity (Wildman–Crippen MR) is 47.0 cm³/mol. The van der Waals surface area contributed by atoms with E-state index in [1.807, 2.05) is 6.92 Å². The number of rotatable bonds is 3. The van der Waals surface area contributed by atoms with Crippen LogP contribution in [0.2, 0.25) is 0 Å². The van der Waals surface area contributed by atoms with Crippen LogP contribution in [-0.2, 0) is 4.74 Å². The first kappa shape index (κ1) is 9.36. The van der Waals surface area contributed by atoms with E-state index in [-0.39, 0.29) is 6.09 Å². The molecular weight excluding hydrogens is 154 g/mol. The predicted octanol–water partition coefficient (Wildman–Crippen LogP) is 2.02. The van der Waals surface area contributed by atoms with Crippen molar-refractivity contribution in [3.8, 4) is 0 Å². The number of hydrogen-bond donors (Lipinski definition) is 0. The molecule has 1 aliphatic heterocycles. The van der Waals surface area contributed by atoms with Crippen LogP contribution in [0.4, 0.5) is 4.79 Å². The maximum Gasteiger partial charge on any atom is 0.409 e. The van der Waals surface area contributed by atoms with Crippen LogP contribution in [0.5, 0.6) is 0 Å². The molecule has 1 atom stereocenters. The average Bonchev–Trinajstić information content (AvgIpc) is 2.02. The van der Waals surface area contributed by atoms with Gasteiger partial charge in [-0.25, -0.2) is 4.79 Å². The maximum absolute atomic E-state index is 11.2. The third-order valence-electron chi connectivity index (χ3n) is 2.28. The van der Waals surface area contributed by atoms with Crippen molar-refractivity contribution in [2.24, 2.45) is 0 Å². The highest BCUT2D eigenvalue weighted by Crippen LogP contribution is 2.17. The van der Waals surface area contributed by atoms with E-state index in [1.54, 1.807) is 4.90 Å². The molecule has 0 bridgehead atoms. The van der Waals surface area contributed by atoms with E-state index in [0.29, 0.717) is 12.6 Å². The topological polar surface area (TPSA) is 29.5 Å². The van der Waals surface area contributed by atoms with Gasteiger partial charge in [-0.15, -0.1) is 0 Å². The first-order valence-electron chi connectivity index (χ1n) is 4.69. The van der Waals surface area contributed by atoms with Crippen molar-refractivity contribution in [2.75, 3.05) is 13.2 Å². The lowest BCUT2D eigenvalue weighted by molar-refractivity contribution is 0.0535. The quantitative estimate of drug-likeness (QED) is 0.608. The lowest BCUT2D eigenvalue weighted by Crippen LogP contribution is -2.49. The van der Waals surface area contributed by atoms with Crippen molar-refractivity contribution in [1.82, 2.24) is 4.90 Å². The number of hydrogen-bond acceptors (Lipinski definition) is 2. The molecule has 12 heavy (non-hydrogen) atoms. The highest BCUT2D eigenvalue weighted by atomic mass is 16.6. The monoisotopic (exact) mass is 171 g/mol. The zero-order valence-electron chi connectivity index (χ0n) is 7.88. The lowest BCUT2D eigenvalue weighted by Gasteiger charge is -2.37. The second-order valence-electron chi connectivity index (χ2n) is 3.30. The summed E-state index contributed by atoms with van der Waals surface area (Å²) in [6.45, 7) is 5.56. The van der Waals surface area contributed by atoms with Gasteiger partial charge < -0.3 is 9.64 Å². The summed E-state index contributed by atoms with van der Waals surface area (Å²) in [6, 6.07) is 0.388. The Labute approximate surface area is 73.7 Å². The molecule has 0 aromatic rings. The molecule has 3 heteroatoms. The van der Waals surface area contributed by atoms with Gasteiger partial charge in [0, 0.05) is 12.6 Å². The Hall–Kier alpha value is -0.730. The van der Waals surface area contributed by atoms with Gasteiger partial charge in [-0.05, 0) is 19.8 Å². The van der Waals surface area contributed by atoms with Gasteiger partial charge in [-0.1, -0.05) is 13.3 Å². The standard InChI is InChI=1S/C9H17NO2/c1-3-4-7-12-9(11)10-6-5-8(10)2/h8H,3-7H2,1-2H3. The van der Waals surface area contributed by atoms with Crippen molar-refractivity contribution in [1.29, 1.82) is 0 Å². The molecule has 1 rings (SSSR count). The Kier molecular flexibility index (Phi) is 3.38. The number of ether oxygens (including phenoxy) is 1. The van der Waals surface area contributed by atoms with Crippen molar-refractivity contribution in [3.63, 3.8) is 0 Å². The zero-order valence-corrected chi connectivity index (χ0v) is 7.88. The van der Waals surface area contributed by atoms with Gasteiger partial charge in [-0.3, -0.25) is 0 Å². The fourth-order valence-corrected chi connectivity index (χ4v) is 1.17. The van der Waals surface area contributed by atoms with Gasteiger partial charge in [-0.2, -0.15) is 0 Å². The van der Waals surface area contributed by atoms with E-state index in [0.717, 1.165) is 25.8 Å². The molecule has 1 unspecified atom stereocenters. The largest absolute Gasteiger partial charge is 0.449 e. The molecule has 1 saturated heterocycles. The molecular formula is C9H17NO2. The number of carbonyl (C=O) groups is 1. The number of likely N-dealkylation sites (tertiary alicyclic amines) is 1. The minimum absolute atomic E-state index is 0.137. The Morgan fingerprint density at radius 3 is 2.83 bits per heavy atom. The highest BCUT2D eigenvalue weighted by Gasteiger charge is 2.29. The van der Waals surface area contributed by atoms with Crippen molar-refractivity contribution < 1.29 is 9.53 Å². The minimum Gasteiger partial charge on any atom is -0.449 e. The number of nitrogens with zero attached hydrogens (tertiary/aromatic N) is 1. The second kappa shape index (κ2) is 4.33. The van der Waals surface area contributed by atoms with E-state index in [9.17, 15) is 4.79 Å². The highest BCUT2D eigenvalue weighted by molar-refractivity contribution is 5.68. The third-order valence-corrected chi connectivity index (χ3v) is 2.28. The minimum atomic E-state index is -0.137. The summed E-state index contributed by atoms with van der Waals surface area (Å²) in [6.07, 6.45) is 3.02. The van der Waals surface area contributed by atoms with Crippen LogP contribution in [0, 0.1) is 0 Å². The molecule has 0 N–H and O–H groups in total. The fraction of sp³-hybridized carbons (Fsp3) is 0.889. The Balaban J connectivity index is 2.11. The van der Waals surface area contributed by atoms with Crippen LogP contribution in [0.3, 0.4) is 0 Å². The smallest absolute Gasteiger partial charge is 0.409 e. The molecule has 0 aromatic heterocycles. The van der Waals surface area contributed by atoms with E-state index in [4.69, 9.17) is 4.74 Å². The summed E-state index contributed by atoms with van der Waals surface area (Å²) >= 11 is 0. The molecule has 0 aromatic carbocycles. The zero-order chi connectivity index (χ0) is 8.97. The number of carbonyl (C=O) groups excluding carboxylic acids is 1. The Morgan fingerprint density at radius 2 is 2.42 bits per heavy atom. The second-order valence-corrected chi connectivity index (χ2v) is 3.30. The van der Waals surface area contributed by atoms with Crippen LogP contribution in [-0.4, -0.2) is 30.2 Å². The Bertz CT molecular complexity index is 159. The fourth-order valence-electron chi connectivity index (χ4n) is 1.17. The summed E-state index contributed by atoms with van der Waals surface area (Å²) in [7, 11) is 0. The van der Waals surface area contributed by atoms with Crippen LogP contribution in [0.25, 0.3) is 0 Å². The van der Waals surface area contributed by atoms with Gasteiger partial charge in [0.25, 0.3) is 0 Å². The molecule has 1 aliphatic rings. The number of unbranched alkanes of at least 4 members (excludes halogenated alkanes) is 1. The maximum atomic E-state index is 11.2. The molecule has 0 saturated carbocycles. The van der Waals surface area contributed by atoms with E-state index < -0.39 is 0 Å². The first-order valence-corrected chi connectivity index (χ1v) is 4.69.